The lowest BCUT2D eigenvalue weighted by Gasteiger charge is -2.32. The lowest BCUT2D eigenvalue weighted by molar-refractivity contribution is -0.192. The molecule has 5 nitrogen and oxygen atoms in total. The van der Waals surface area contributed by atoms with E-state index in [0.717, 1.165) is 43.6 Å². The van der Waals surface area contributed by atoms with E-state index in [2.05, 4.69) is 60.1 Å². The van der Waals surface area contributed by atoms with Gasteiger partial charge in [0.05, 0.1) is 0 Å². The van der Waals surface area contributed by atoms with E-state index in [0.29, 0.717) is 6.10 Å². The molecule has 176 valence electrons. The number of benzene rings is 2. The van der Waals surface area contributed by atoms with Gasteiger partial charge < -0.3 is 9.84 Å². The number of nitrogens with zero attached hydrogens (tertiary/aromatic N) is 2. The molecule has 1 aromatic heterocycles. The zero-order chi connectivity index (χ0) is 24.0. The summed E-state index contributed by atoms with van der Waals surface area (Å²) >= 11 is 0. The third kappa shape index (κ3) is 7.18. The van der Waals surface area contributed by atoms with Crippen LogP contribution in [0.25, 0.3) is 10.8 Å². The smallest absolute Gasteiger partial charge is 0.490 e. The molecule has 33 heavy (non-hydrogen) atoms. The normalized spacial score (nSPS) is 15.1. The van der Waals surface area contributed by atoms with Crippen LogP contribution in [-0.4, -0.2) is 46.3 Å². The number of carboxylic acids is 1. The Kier molecular flexibility index (Phi) is 7.92. The van der Waals surface area contributed by atoms with E-state index in [1.54, 1.807) is 0 Å². The fourth-order valence-electron chi connectivity index (χ4n) is 3.78. The summed E-state index contributed by atoms with van der Waals surface area (Å²) in [6, 6.07) is 15.1. The van der Waals surface area contributed by atoms with Crippen molar-refractivity contribution in [2.45, 2.75) is 45.5 Å². The molecule has 1 N–H and O–H groups in total. The summed E-state index contributed by atoms with van der Waals surface area (Å²) in [6.07, 6.45) is 1.12. The second-order valence-corrected chi connectivity index (χ2v) is 8.21. The van der Waals surface area contributed by atoms with Crippen molar-refractivity contribution < 1.29 is 27.8 Å². The average Bonchev–Trinajstić information content (AvgIpc) is 2.77. The summed E-state index contributed by atoms with van der Waals surface area (Å²) in [5.74, 6) is -1.79. The number of fused-ring (bicyclic) bond motifs is 1. The SMILES string of the molecule is Cc1ccc(CN2CCC(Oc3ccc4cnccc4c3)CC2)c(C)c1.O=C(O)C(F)(F)F. The van der Waals surface area contributed by atoms with Gasteiger partial charge in [-0.15, -0.1) is 0 Å². The predicted octanol–water partition coefficient (Wildman–Crippen LogP) is 5.53. The van der Waals surface area contributed by atoms with Gasteiger partial charge in [-0.05, 0) is 67.5 Å². The summed E-state index contributed by atoms with van der Waals surface area (Å²) in [5, 5.41) is 9.47. The predicted molar refractivity (Wildman–Crippen MR) is 120 cm³/mol. The molecule has 2 aromatic carbocycles. The van der Waals surface area contributed by atoms with Gasteiger partial charge in [0.2, 0.25) is 0 Å². The molecule has 1 fully saturated rings. The van der Waals surface area contributed by atoms with Crippen LogP contribution in [0.4, 0.5) is 13.2 Å². The molecule has 0 aliphatic carbocycles. The summed E-state index contributed by atoms with van der Waals surface area (Å²) in [4.78, 5) is 15.6. The maximum atomic E-state index is 10.6. The van der Waals surface area contributed by atoms with Crippen molar-refractivity contribution in [3.63, 3.8) is 0 Å². The second-order valence-electron chi connectivity index (χ2n) is 8.21. The highest BCUT2D eigenvalue weighted by atomic mass is 19.4. The Morgan fingerprint density at radius 1 is 1.09 bits per heavy atom. The van der Waals surface area contributed by atoms with Crippen molar-refractivity contribution in [3.05, 3.63) is 71.5 Å². The maximum absolute atomic E-state index is 10.6. The largest absolute Gasteiger partial charge is 0.490 e. The molecule has 0 unspecified atom stereocenters. The van der Waals surface area contributed by atoms with Crippen LogP contribution >= 0.6 is 0 Å². The third-order valence-electron chi connectivity index (χ3n) is 5.58. The van der Waals surface area contributed by atoms with E-state index in [1.165, 1.54) is 22.1 Å². The van der Waals surface area contributed by atoms with Gasteiger partial charge in [-0.1, -0.05) is 23.8 Å². The fourth-order valence-corrected chi connectivity index (χ4v) is 3.78. The first-order chi connectivity index (χ1) is 15.6. The Balaban J connectivity index is 0.000000383. The average molecular weight is 460 g/mol. The van der Waals surface area contributed by atoms with E-state index < -0.39 is 12.1 Å². The summed E-state index contributed by atoms with van der Waals surface area (Å²) in [6.45, 7) is 7.60. The van der Waals surface area contributed by atoms with Gasteiger partial charge in [-0.25, -0.2) is 4.79 Å². The number of halogens is 3. The fraction of sp³-hybridized carbons (Fsp3) is 0.360. The number of piperidine rings is 1. The van der Waals surface area contributed by atoms with Gasteiger partial charge in [0.1, 0.15) is 11.9 Å². The number of hydrogen-bond acceptors (Lipinski definition) is 4. The molecule has 2 heterocycles. The molecule has 3 aromatic rings. The molecule has 0 spiro atoms. The first-order valence-electron chi connectivity index (χ1n) is 10.7. The van der Waals surface area contributed by atoms with Crippen molar-refractivity contribution in [2.24, 2.45) is 0 Å². The number of alkyl halides is 3. The molecule has 0 bridgehead atoms. The van der Waals surface area contributed by atoms with E-state index >= 15 is 0 Å². The van der Waals surface area contributed by atoms with Crippen LogP contribution in [0.2, 0.25) is 0 Å². The molecule has 4 rings (SSSR count). The van der Waals surface area contributed by atoms with Gasteiger partial charge in [0, 0.05) is 37.4 Å². The Hall–Kier alpha value is -3.13. The van der Waals surface area contributed by atoms with E-state index in [9.17, 15) is 13.2 Å². The first kappa shape index (κ1) is 24.5. The van der Waals surface area contributed by atoms with Crippen LogP contribution in [0.5, 0.6) is 5.75 Å². The number of carboxylic acid groups (broad SMARTS) is 1. The molecule has 0 atom stereocenters. The Labute approximate surface area is 190 Å². The van der Waals surface area contributed by atoms with Crippen LogP contribution in [0.3, 0.4) is 0 Å². The quantitative estimate of drug-likeness (QED) is 0.555. The standard InChI is InChI=1S/C23H26N2O.C2HF3O2/c1-17-3-4-21(18(2)13-17)16-25-11-8-22(9-12-25)26-23-6-5-20-15-24-10-7-19(20)14-23;3-2(4,5)1(6)7/h3-7,10,13-15,22H,8-9,11-12,16H2,1-2H3;(H,6,7). The van der Waals surface area contributed by atoms with Crippen LogP contribution in [-0.2, 0) is 11.3 Å². The number of likely N-dealkylation sites (tertiary alicyclic amines) is 1. The highest BCUT2D eigenvalue weighted by Crippen LogP contribution is 2.24. The van der Waals surface area contributed by atoms with Crippen LogP contribution in [0.15, 0.2) is 54.9 Å². The molecular formula is C25H27F3N2O3. The lowest BCUT2D eigenvalue weighted by Crippen LogP contribution is -2.37. The number of pyridine rings is 1. The van der Waals surface area contributed by atoms with Crippen molar-refractivity contribution >= 4 is 16.7 Å². The van der Waals surface area contributed by atoms with Crippen LogP contribution in [0, 0.1) is 13.8 Å². The number of ether oxygens (including phenoxy) is 1. The Bertz CT molecular complexity index is 1090. The minimum absolute atomic E-state index is 0.310. The highest BCUT2D eigenvalue weighted by molar-refractivity contribution is 5.82. The van der Waals surface area contributed by atoms with Gasteiger partial charge in [-0.3, -0.25) is 9.88 Å². The number of hydrogen-bond donors (Lipinski definition) is 1. The van der Waals surface area contributed by atoms with Gasteiger partial charge >= 0.3 is 12.1 Å². The Morgan fingerprint density at radius 3 is 2.42 bits per heavy atom. The van der Waals surface area contributed by atoms with E-state index in [4.69, 9.17) is 14.6 Å². The molecule has 0 amide bonds. The van der Waals surface area contributed by atoms with Crippen molar-refractivity contribution in [1.29, 1.82) is 0 Å². The van der Waals surface area contributed by atoms with Crippen LogP contribution in [0.1, 0.15) is 29.5 Å². The maximum Gasteiger partial charge on any atom is 0.490 e. The molecule has 0 radical (unpaired) electrons. The number of carbonyl (C=O) groups is 1. The van der Waals surface area contributed by atoms with E-state index in [1.807, 2.05) is 18.5 Å². The summed E-state index contributed by atoms with van der Waals surface area (Å²) < 4.78 is 38.0. The molecule has 8 heteroatoms. The molecular weight excluding hydrogens is 433 g/mol. The second kappa shape index (κ2) is 10.7. The zero-order valence-electron chi connectivity index (χ0n) is 18.6. The van der Waals surface area contributed by atoms with Gasteiger partial charge in [-0.2, -0.15) is 13.2 Å². The first-order valence-corrected chi connectivity index (χ1v) is 10.7. The lowest BCUT2D eigenvalue weighted by atomic mass is 10.0. The Morgan fingerprint density at radius 2 is 1.79 bits per heavy atom. The number of aliphatic carboxylic acids is 1. The minimum atomic E-state index is -5.08. The van der Waals surface area contributed by atoms with Gasteiger partial charge in [0.15, 0.2) is 0 Å². The topological polar surface area (TPSA) is 62.7 Å². The number of rotatable bonds is 4. The van der Waals surface area contributed by atoms with Crippen molar-refractivity contribution in [2.75, 3.05) is 13.1 Å². The number of aromatic nitrogens is 1. The number of aryl methyl sites for hydroxylation is 2. The third-order valence-corrected chi connectivity index (χ3v) is 5.58. The summed E-state index contributed by atoms with van der Waals surface area (Å²) in [5.41, 5.74) is 4.18. The van der Waals surface area contributed by atoms with Gasteiger partial charge in [0.25, 0.3) is 0 Å². The monoisotopic (exact) mass is 460 g/mol. The summed E-state index contributed by atoms with van der Waals surface area (Å²) in [7, 11) is 0. The zero-order valence-corrected chi connectivity index (χ0v) is 18.6. The van der Waals surface area contributed by atoms with Crippen molar-refractivity contribution in [3.8, 4) is 5.75 Å². The molecule has 1 aliphatic heterocycles. The highest BCUT2D eigenvalue weighted by Gasteiger charge is 2.38. The molecule has 1 saturated heterocycles. The molecule has 0 saturated carbocycles. The van der Waals surface area contributed by atoms with E-state index in [-0.39, 0.29) is 0 Å². The molecule has 1 aliphatic rings. The van der Waals surface area contributed by atoms with Crippen molar-refractivity contribution in [1.82, 2.24) is 9.88 Å². The van der Waals surface area contributed by atoms with Crippen LogP contribution < -0.4 is 4.74 Å². The minimum Gasteiger partial charge on any atom is -0.490 e.